The summed E-state index contributed by atoms with van der Waals surface area (Å²) in [7, 11) is 0. The average Bonchev–Trinajstić information content (AvgIpc) is 3.53. The van der Waals surface area contributed by atoms with Gasteiger partial charge in [0.1, 0.15) is 11.6 Å². The maximum Gasteiger partial charge on any atom is 0.315 e. The van der Waals surface area contributed by atoms with Crippen LogP contribution in [0.4, 0.5) is 16.2 Å². The fourth-order valence-corrected chi connectivity index (χ4v) is 4.32. The molecule has 1 unspecified atom stereocenters. The number of rotatable bonds is 7. The van der Waals surface area contributed by atoms with Gasteiger partial charge in [-0.3, -0.25) is 9.59 Å². The molecule has 174 valence electrons. The molecule has 4 amide bonds. The fourth-order valence-electron chi connectivity index (χ4n) is 4.32. The first kappa shape index (κ1) is 22.8. The average molecular weight is 451 g/mol. The lowest BCUT2D eigenvalue weighted by atomic mass is 9.96. The Bertz CT molecular complexity index is 966. The zero-order valence-corrected chi connectivity index (χ0v) is 18.6. The van der Waals surface area contributed by atoms with Gasteiger partial charge >= 0.3 is 6.03 Å². The monoisotopic (exact) mass is 450 g/mol. The molecular weight excluding hydrogens is 420 g/mol. The lowest BCUT2D eigenvalue weighted by Crippen LogP contribution is -2.57. The molecule has 8 heteroatoms. The van der Waals surface area contributed by atoms with E-state index in [0.29, 0.717) is 37.4 Å². The summed E-state index contributed by atoms with van der Waals surface area (Å²) in [5.74, 6) is -0.383. The second-order valence-corrected chi connectivity index (χ2v) is 8.60. The molecule has 2 aromatic carbocycles. The third-order valence-corrected chi connectivity index (χ3v) is 6.17. The van der Waals surface area contributed by atoms with Crippen molar-refractivity contribution in [3.8, 4) is 0 Å². The van der Waals surface area contributed by atoms with Gasteiger partial charge in [0.2, 0.25) is 5.91 Å². The molecule has 1 saturated carbocycles. The number of ether oxygens (including phenoxy) is 1. The van der Waals surface area contributed by atoms with Crippen molar-refractivity contribution in [3.05, 3.63) is 60.2 Å². The van der Waals surface area contributed by atoms with Gasteiger partial charge < -0.3 is 26.0 Å². The number of carbonyl (C=O) groups excluding carboxylic acids is 3. The Morgan fingerprint density at radius 1 is 0.879 bits per heavy atom. The summed E-state index contributed by atoms with van der Waals surface area (Å²) in [6, 6.07) is 16.2. The Hall–Kier alpha value is -3.39. The van der Waals surface area contributed by atoms with Crippen molar-refractivity contribution in [3.63, 3.8) is 0 Å². The lowest BCUT2D eigenvalue weighted by Gasteiger charge is -2.29. The Morgan fingerprint density at radius 3 is 2.18 bits per heavy atom. The Labute approximate surface area is 193 Å². The van der Waals surface area contributed by atoms with Crippen LogP contribution < -0.4 is 21.3 Å². The predicted molar refractivity (Wildman–Crippen MR) is 126 cm³/mol. The Kier molecular flexibility index (Phi) is 7.24. The highest BCUT2D eigenvalue weighted by Crippen LogP contribution is 2.31. The molecule has 33 heavy (non-hydrogen) atoms. The number of carbonyl (C=O) groups is 3. The van der Waals surface area contributed by atoms with Crippen molar-refractivity contribution in [2.75, 3.05) is 17.2 Å². The summed E-state index contributed by atoms with van der Waals surface area (Å²) in [5.41, 5.74) is 1.30. The summed E-state index contributed by atoms with van der Waals surface area (Å²) < 4.78 is 5.40. The molecule has 1 aliphatic heterocycles. The minimum atomic E-state index is -0.937. The maximum atomic E-state index is 13.1. The van der Waals surface area contributed by atoms with E-state index in [1.165, 1.54) is 0 Å². The predicted octanol–water partition coefficient (Wildman–Crippen LogP) is 3.55. The molecule has 1 saturated heterocycles. The van der Waals surface area contributed by atoms with Crippen LogP contribution in [-0.2, 0) is 20.9 Å². The molecule has 4 N–H and O–H groups in total. The van der Waals surface area contributed by atoms with Crippen LogP contribution in [0.5, 0.6) is 0 Å². The van der Waals surface area contributed by atoms with E-state index in [9.17, 15) is 14.4 Å². The summed E-state index contributed by atoms with van der Waals surface area (Å²) in [5, 5.41) is 11.5. The summed E-state index contributed by atoms with van der Waals surface area (Å²) in [6.45, 7) is 1.01. The second-order valence-electron chi connectivity index (χ2n) is 8.60. The Morgan fingerprint density at radius 2 is 1.55 bits per heavy atom. The van der Waals surface area contributed by atoms with E-state index in [1.54, 1.807) is 24.3 Å². The largest absolute Gasteiger partial charge is 0.368 e. The van der Waals surface area contributed by atoms with Crippen molar-refractivity contribution in [2.45, 2.75) is 56.7 Å². The number of amides is 4. The van der Waals surface area contributed by atoms with Gasteiger partial charge in [-0.25, -0.2) is 4.79 Å². The molecule has 0 aromatic heterocycles. The van der Waals surface area contributed by atoms with Crippen molar-refractivity contribution in [2.24, 2.45) is 0 Å². The lowest BCUT2D eigenvalue weighted by molar-refractivity contribution is -0.124. The quantitative estimate of drug-likeness (QED) is 0.517. The van der Waals surface area contributed by atoms with Gasteiger partial charge in [-0.05, 0) is 55.5 Å². The third kappa shape index (κ3) is 5.90. The van der Waals surface area contributed by atoms with Crippen LogP contribution in [0, 0.1) is 0 Å². The normalized spacial score (nSPS) is 19.0. The number of nitrogens with one attached hydrogen (secondary N) is 4. The van der Waals surface area contributed by atoms with Crippen LogP contribution in [-0.4, -0.2) is 36.1 Å². The number of hydrogen-bond donors (Lipinski definition) is 4. The molecule has 1 aliphatic carbocycles. The van der Waals surface area contributed by atoms with Crippen molar-refractivity contribution in [1.82, 2.24) is 10.6 Å². The molecule has 0 bridgehead atoms. The molecule has 1 atom stereocenters. The van der Waals surface area contributed by atoms with E-state index in [0.717, 1.165) is 31.2 Å². The molecule has 2 aliphatic rings. The minimum absolute atomic E-state index is 0.153. The van der Waals surface area contributed by atoms with Crippen LogP contribution in [0.25, 0.3) is 0 Å². The number of anilines is 2. The zero-order valence-electron chi connectivity index (χ0n) is 18.6. The van der Waals surface area contributed by atoms with Gasteiger partial charge in [0.05, 0.1) is 0 Å². The third-order valence-electron chi connectivity index (χ3n) is 6.17. The van der Waals surface area contributed by atoms with Crippen LogP contribution in [0.15, 0.2) is 54.6 Å². The smallest absolute Gasteiger partial charge is 0.315 e. The fraction of sp³-hybridized carbons (Fsp3) is 0.400. The van der Waals surface area contributed by atoms with E-state index in [4.69, 9.17) is 4.74 Å². The minimum Gasteiger partial charge on any atom is -0.368 e. The SMILES string of the molecule is O=C(NCc1ccccc1)NC1(C(=O)Nc2ccc(NC(=O)C3CCCO3)cc2)CCCC1. The number of hydrogen-bond acceptors (Lipinski definition) is 4. The van der Waals surface area contributed by atoms with Crippen LogP contribution in [0.3, 0.4) is 0 Å². The molecule has 0 radical (unpaired) electrons. The first-order chi connectivity index (χ1) is 16.0. The van der Waals surface area contributed by atoms with Gasteiger partial charge in [-0.2, -0.15) is 0 Å². The molecule has 1 heterocycles. The van der Waals surface area contributed by atoms with Crippen LogP contribution in [0.2, 0.25) is 0 Å². The van der Waals surface area contributed by atoms with Gasteiger partial charge in [-0.15, -0.1) is 0 Å². The standard InChI is InChI=1S/C25H30N4O4/c30-22(21-9-6-16-33-21)27-19-10-12-20(13-11-19)28-23(31)25(14-4-5-15-25)29-24(32)26-17-18-7-2-1-3-8-18/h1-3,7-8,10-13,21H,4-6,9,14-17H2,(H,27,30)(H,28,31)(H2,26,29,32). The molecule has 4 rings (SSSR count). The summed E-state index contributed by atoms with van der Waals surface area (Å²) >= 11 is 0. The van der Waals surface area contributed by atoms with Gasteiger partial charge in [0.25, 0.3) is 5.91 Å². The van der Waals surface area contributed by atoms with Gasteiger partial charge in [0, 0.05) is 24.5 Å². The maximum absolute atomic E-state index is 13.1. The van der Waals surface area contributed by atoms with Crippen LogP contribution in [0.1, 0.15) is 44.1 Å². The highest BCUT2D eigenvalue weighted by atomic mass is 16.5. The highest BCUT2D eigenvalue weighted by Gasteiger charge is 2.42. The molecule has 2 fully saturated rings. The summed E-state index contributed by atoms with van der Waals surface area (Å²) in [4.78, 5) is 37.9. The van der Waals surface area contributed by atoms with E-state index in [2.05, 4.69) is 21.3 Å². The summed E-state index contributed by atoms with van der Waals surface area (Å²) in [6.07, 6.45) is 4.16. The Balaban J connectivity index is 1.32. The first-order valence-electron chi connectivity index (χ1n) is 11.5. The topological polar surface area (TPSA) is 109 Å². The van der Waals surface area contributed by atoms with Gasteiger partial charge in [-0.1, -0.05) is 43.2 Å². The van der Waals surface area contributed by atoms with Crippen molar-refractivity contribution in [1.29, 1.82) is 0 Å². The van der Waals surface area contributed by atoms with Crippen LogP contribution >= 0.6 is 0 Å². The number of urea groups is 1. The second kappa shape index (κ2) is 10.5. The highest BCUT2D eigenvalue weighted by molar-refractivity contribution is 6.01. The zero-order chi connectivity index (χ0) is 23.1. The van der Waals surface area contributed by atoms with Crippen molar-refractivity contribution >= 4 is 29.2 Å². The molecule has 0 spiro atoms. The van der Waals surface area contributed by atoms with E-state index in [-0.39, 0.29) is 17.8 Å². The van der Waals surface area contributed by atoms with Gasteiger partial charge in [0.15, 0.2) is 0 Å². The van der Waals surface area contributed by atoms with E-state index < -0.39 is 11.6 Å². The van der Waals surface area contributed by atoms with Crippen molar-refractivity contribution < 1.29 is 19.1 Å². The molecular formula is C25H30N4O4. The number of benzene rings is 2. The van der Waals surface area contributed by atoms with E-state index >= 15 is 0 Å². The molecule has 2 aromatic rings. The van der Waals surface area contributed by atoms with E-state index in [1.807, 2.05) is 30.3 Å². The molecule has 8 nitrogen and oxygen atoms in total. The first-order valence-corrected chi connectivity index (χ1v) is 11.5.